The molecule has 2 aromatic carbocycles. The molecule has 0 bridgehead atoms. The van der Waals surface area contributed by atoms with Crippen LogP contribution in [-0.4, -0.2) is 40.4 Å². The van der Waals surface area contributed by atoms with E-state index >= 15 is 0 Å². The molecule has 0 radical (unpaired) electrons. The first kappa shape index (κ1) is 21.1. The number of nitrogens with zero attached hydrogens (tertiary/aromatic N) is 2. The number of carbonyl (C=O) groups excluding carboxylic acids is 2. The Morgan fingerprint density at radius 2 is 1.55 bits per heavy atom. The second-order valence-corrected chi connectivity index (χ2v) is 7.80. The number of hydrogen-bond acceptors (Lipinski definition) is 3. The van der Waals surface area contributed by atoms with Gasteiger partial charge in [0.05, 0.1) is 0 Å². The lowest BCUT2D eigenvalue weighted by Gasteiger charge is -2.34. The molecule has 0 unspecified atom stereocenters. The molecule has 1 N–H and O–H groups in total. The van der Waals surface area contributed by atoms with Gasteiger partial charge < -0.3 is 5.32 Å². The quantitative estimate of drug-likeness (QED) is 0.788. The molecule has 0 spiro atoms. The Hall–Kier alpha value is -3.16. The molecule has 0 aromatic heterocycles. The summed E-state index contributed by atoms with van der Waals surface area (Å²) in [6.45, 7) is 0. The molecule has 2 amide bonds. The summed E-state index contributed by atoms with van der Waals surface area (Å²) in [5.41, 5.74) is -2.93. The van der Waals surface area contributed by atoms with Crippen LogP contribution in [0.5, 0.6) is 0 Å². The largest absolute Gasteiger partial charge is 0.442 e. The minimum absolute atomic E-state index is 0.0199. The number of alkyl halides is 3. The van der Waals surface area contributed by atoms with Gasteiger partial charge in [0.15, 0.2) is 0 Å². The second-order valence-electron chi connectivity index (χ2n) is 7.80. The Kier molecular flexibility index (Phi) is 5.56. The zero-order chi connectivity index (χ0) is 22.1. The van der Waals surface area contributed by atoms with Crippen LogP contribution in [0.3, 0.4) is 0 Å². The first-order chi connectivity index (χ1) is 14.8. The van der Waals surface area contributed by atoms with Crippen molar-refractivity contribution in [3.63, 3.8) is 0 Å². The zero-order valence-electron chi connectivity index (χ0n) is 16.7. The number of aliphatic imine (C=N–C) groups is 1. The van der Waals surface area contributed by atoms with Crippen molar-refractivity contribution in [3.8, 4) is 0 Å². The molecule has 31 heavy (non-hydrogen) atoms. The number of halogens is 3. The SMILES string of the molecule is O=C(N[C@]1(C(F)(F)F)N=C(c2ccccc2)N(C2CCCCC2)C1=O)c1ccccc1. The van der Waals surface area contributed by atoms with E-state index in [4.69, 9.17) is 0 Å². The number of benzene rings is 2. The van der Waals surface area contributed by atoms with Gasteiger partial charge in [0, 0.05) is 17.2 Å². The Morgan fingerprint density at radius 1 is 0.968 bits per heavy atom. The fourth-order valence-electron chi connectivity index (χ4n) is 4.16. The highest BCUT2D eigenvalue weighted by atomic mass is 19.4. The van der Waals surface area contributed by atoms with Crippen molar-refractivity contribution in [2.24, 2.45) is 4.99 Å². The summed E-state index contributed by atoms with van der Waals surface area (Å²) in [6, 6.07) is 15.4. The van der Waals surface area contributed by atoms with Crippen LogP contribution >= 0.6 is 0 Å². The van der Waals surface area contributed by atoms with Crippen LogP contribution in [-0.2, 0) is 4.79 Å². The molecule has 1 aliphatic carbocycles. The number of hydrogen-bond donors (Lipinski definition) is 1. The van der Waals surface area contributed by atoms with Gasteiger partial charge in [0.25, 0.3) is 11.8 Å². The van der Waals surface area contributed by atoms with E-state index in [0.29, 0.717) is 18.4 Å². The van der Waals surface area contributed by atoms with Crippen LogP contribution < -0.4 is 5.32 Å². The molecule has 8 heteroatoms. The summed E-state index contributed by atoms with van der Waals surface area (Å²) >= 11 is 0. The van der Waals surface area contributed by atoms with Crippen molar-refractivity contribution in [3.05, 3.63) is 71.8 Å². The molecule has 5 nitrogen and oxygen atoms in total. The van der Waals surface area contributed by atoms with Crippen LogP contribution in [0, 0.1) is 0 Å². The van der Waals surface area contributed by atoms with E-state index in [1.54, 1.807) is 48.5 Å². The van der Waals surface area contributed by atoms with Gasteiger partial charge in [-0.1, -0.05) is 67.8 Å². The normalized spacial score (nSPS) is 22.4. The van der Waals surface area contributed by atoms with E-state index < -0.39 is 29.7 Å². The lowest BCUT2D eigenvalue weighted by molar-refractivity contribution is -0.197. The van der Waals surface area contributed by atoms with Crippen molar-refractivity contribution in [1.82, 2.24) is 10.2 Å². The summed E-state index contributed by atoms with van der Waals surface area (Å²) in [5, 5.41) is 1.92. The predicted octanol–water partition coefficient (Wildman–Crippen LogP) is 4.30. The first-order valence-corrected chi connectivity index (χ1v) is 10.3. The summed E-state index contributed by atoms with van der Waals surface area (Å²) in [6.07, 6.45) is -1.29. The lowest BCUT2D eigenvalue weighted by Crippen LogP contribution is -2.64. The van der Waals surface area contributed by atoms with Crippen LogP contribution in [0.1, 0.15) is 48.0 Å². The Bertz CT molecular complexity index is 986. The van der Waals surface area contributed by atoms with Gasteiger partial charge in [-0.3, -0.25) is 14.5 Å². The number of amidine groups is 1. The highest BCUT2D eigenvalue weighted by molar-refractivity contribution is 6.17. The molecule has 162 valence electrons. The molecule has 2 aliphatic rings. The van der Waals surface area contributed by atoms with Gasteiger partial charge in [-0.2, -0.15) is 13.2 Å². The molecule has 4 rings (SSSR count). The average Bonchev–Trinajstić information content (AvgIpc) is 3.09. The van der Waals surface area contributed by atoms with E-state index in [0.717, 1.165) is 24.2 Å². The molecular formula is C23H22F3N3O2. The monoisotopic (exact) mass is 429 g/mol. The highest BCUT2D eigenvalue weighted by Gasteiger charge is 2.67. The van der Waals surface area contributed by atoms with Gasteiger partial charge in [0.1, 0.15) is 5.84 Å². The van der Waals surface area contributed by atoms with E-state index in [1.807, 2.05) is 5.32 Å². The Balaban J connectivity index is 1.81. The van der Waals surface area contributed by atoms with E-state index in [9.17, 15) is 22.8 Å². The molecule has 2 aromatic rings. The zero-order valence-corrected chi connectivity index (χ0v) is 16.7. The third-order valence-corrected chi connectivity index (χ3v) is 5.74. The smallest absolute Gasteiger partial charge is 0.312 e. The minimum atomic E-state index is -5.11. The van der Waals surface area contributed by atoms with Crippen molar-refractivity contribution in [1.29, 1.82) is 0 Å². The van der Waals surface area contributed by atoms with E-state index in [2.05, 4.69) is 4.99 Å². The maximum atomic E-state index is 14.4. The lowest BCUT2D eigenvalue weighted by atomic mass is 9.93. The molecule has 1 saturated carbocycles. The van der Waals surface area contributed by atoms with E-state index in [1.165, 1.54) is 12.1 Å². The van der Waals surface area contributed by atoms with Crippen LogP contribution in [0.2, 0.25) is 0 Å². The Labute approximate surface area is 178 Å². The predicted molar refractivity (Wildman–Crippen MR) is 109 cm³/mol. The molecule has 1 aliphatic heterocycles. The summed E-state index contributed by atoms with van der Waals surface area (Å²) in [4.78, 5) is 31.1. The maximum absolute atomic E-state index is 14.4. The van der Waals surface area contributed by atoms with E-state index in [-0.39, 0.29) is 11.4 Å². The van der Waals surface area contributed by atoms with Crippen LogP contribution in [0.15, 0.2) is 65.7 Å². The first-order valence-electron chi connectivity index (χ1n) is 10.3. The summed E-state index contributed by atoms with van der Waals surface area (Å²) in [5.74, 6) is -2.31. The highest BCUT2D eigenvalue weighted by Crippen LogP contribution is 2.41. The number of nitrogens with one attached hydrogen (secondary N) is 1. The van der Waals surface area contributed by atoms with Gasteiger partial charge in [-0.15, -0.1) is 0 Å². The Morgan fingerprint density at radius 3 is 2.13 bits per heavy atom. The van der Waals surface area contributed by atoms with Gasteiger partial charge in [0.2, 0.25) is 0 Å². The maximum Gasteiger partial charge on any atom is 0.442 e. The molecule has 1 heterocycles. The summed E-state index contributed by atoms with van der Waals surface area (Å²) in [7, 11) is 0. The fourth-order valence-corrected chi connectivity index (χ4v) is 4.16. The fraction of sp³-hybridized carbons (Fsp3) is 0.348. The second kappa shape index (κ2) is 8.17. The number of amides is 2. The molecule has 0 saturated heterocycles. The third kappa shape index (κ3) is 3.82. The van der Waals surface area contributed by atoms with Crippen molar-refractivity contribution in [2.75, 3.05) is 0 Å². The topological polar surface area (TPSA) is 61.8 Å². The van der Waals surface area contributed by atoms with Crippen molar-refractivity contribution >= 4 is 17.6 Å². The van der Waals surface area contributed by atoms with Gasteiger partial charge in [-0.25, -0.2) is 4.99 Å². The number of rotatable bonds is 4. The molecule has 1 atom stereocenters. The number of carbonyl (C=O) groups is 2. The van der Waals surface area contributed by atoms with Gasteiger partial charge >= 0.3 is 11.8 Å². The van der Waals surface area contributed by atoms with Crippen LogP contribution in [0.4, 0.5) is 13.2 Å². The summed E-state index contributed by atoms with van der Waals surface area (Å²) < 4.78 is 43.2. The minimum Gasteiger partial charge on any atom is -0.312 e. The van der Waals surface area contributed by atoms with Crippen molar-refractivity contribution < 1.29 is 22.8 Å². The standard InChI is InChI=1S/C23H22F3N3O2/c24-23(25,26)22(28-20(30)17-12-6-2-7-13-17)21(31)29(18-14-8-3-9-15-18)19(27-22)16-10-4-1-5-11-16/h1-2,4-7,10-13,18H,3,8-9,14-15H2,(H,28,30)/t22-/m1/s1. The van der Waals surface area contributed by atoms with Gasteiger partial charge in [-0.05, 0) is 25.0 Å². The van der Waals surface area contributed by atoms with Crippen molar-refractivity contribution in [2.45, 2.75) is 50.0 Å². The third-order valence-electron chi connectivity index (χ3n) is 5.74. The van der Waals surface area contributed by atoms with Crippen LogP contribution in [0.25, 0.3) is 0 Å². The average molecular weight is 429 g/mol. The molecule has 1 fully saturated rings. The molecular weight excluding hydrogens is 407 g/mol.